The van der Waals surface area contributed by atoms with Gasteiger partial charge in [-0.25, -0.2) is 4.79 Å². The van der Waals surface area contributed by atoms with E-state index in [1.165, 1.54) is 26.4 Å². The average Bonchev–Trinajstić information content (AvgIpc) is 2.88. The average molecular weight is 525 g/mol. The van der Waals surface area contributed by atoms with Crippen molar-refractivity contribution in [3.63, 3.8) is 0 Å². The quantitative estimate of drug-likeness (QED) is 0.355. The molecule has 2 aromatic rings. The molecule has 4 atom stereocenters. The Labute approximate surface area is 218 Å². The summed E-state index contributed by atoms with van der Waals surface area (Å²) in [5, 5.41) is 13.9. The summed E-state index contributed by atoms with van der Waals surface area (Å²) < 4.78 is 16.7. The molecule has 5 rings (SSSR count). The Kier molecular flexibility index (Phi) is 6.22. The molecule has 1 N–H and O–H groups in total. The van der Waals surface area contributed by atoms with Crippen molar-refractivity contribution in [2.45, 2.75) is 45.1 Å². The number of rotatable bonds is 5. The predicted octanol–water partition coefficient (Wildman–Crippen LogP) is 2.42. The number of non-ortho nitro benzene ring substituents is 1. The van der Waals surface area contributed by atoms with Crippen molar-refractivity contribution in [1.29, 1.82) is 0 Å². The summed E-state index contributed by atoms with van der Waals surface area (Å²) in [7, 11) is 2.98. The number of carbonyl (C=O) groups is 3. The van der Waals surface area contributed by atoms with Crippen molar-refractivity contribution in [3.8, 4) is 11.5 Å². The number of hydrogen-bond donors (Lipinski definition) is 1. The van der Waals surface area contributed by atoms with Gasteiger partial charge >= 0.3 is 6.03 Å². The van der Waals surface area contributed by atoms with Gasteiger partial charge in [0.1, 0.15) is 11.5 Å². The van der Waals surface area contributed by atoms with Gasteiger partial charge in [0.25, 0.3) is 5.69 Å². The smallest absolute Gasteiger partial charge is 0.331 e. The summed E-state index contributed by atoms with van der Waals surface area (Å²) in [4.78, 5) is 54.9. The Balaban J connectivity index is 1.62. The van der Waals surface area contributed by atoms with E-state index < -0.39 is 40.3 Å². The summed E-state index contributed by atoms with van der Waals surface area (Å²) in [5.41, 5.74) is -0.155. The number of methoxy groups -OCH3 is 2. The molecule has 0 radical (unpaired) electrons. The Bertz CT molecular complexity index is 1320. The van der Waals surface area contributed by atoms with Crippen molar-refractivity contribution < 1.29 is 33.5 Å². The van der Waals surface area contributed by atoms with E-state index in [0.29, 0.717) is 34.9 Å². The summed E-state index contributed by atoms with van der Waals surface area (Å²) in [6, 6.07) is 7.88. The van der Waals surface area contributed by atoms with Crippen LogP contribution in [0, 0.1) is 15.5 Å². The Morgan fingerprint density at radius 2 is 1.79 bits per heavy atom. The lowest BCUT2D eigenvalue weighted by Crippen LogP contribution is -2.75. The SMILES string of the molecule is COc1cc(CN2C(=O)NC(=O)[C@]3(Cc4cc([N+](=O)[O-])ccc4N4C[C@H](C)O[C@H](C)[C@H]43)C2=O)cc(OC)c1. The first-order valence-corrected chi connectivity index (χ1v) is 12.2. The molecule has 3 aliphatic heterocycles. The Hall–Kier alpha value is -4.19. The normalized spacial score (nSPS) is 26.5. The topological polar surface area (TPSA) is 141 Å². The van der Waals surface area contributed by atoms with Crippen molar-refractivity contribution in [2.24, 2.45) is 5.41 Å². The minimum atomic E-state index is -1.75. The molecule has 0 aromatic heterocycles. The van der Waals surface area contributed by atoms with Crippen LogP contribution in [0.4, 0.5) is 16.2 Å². The zero-order chi connectivity index (χ0) is 27.4. The molecule has 2 aromatic carbocycles. The number of hydrogen-bond acceptors (Lipinski definition) is 9. The maximum atomic E-state index is 14.3. The van der Waals surface area contributed by atoms with Crippen LogP contribution in [0.3, 0.4) is 0 Å². The first-order chi connectivity index (χ1) is 18.1. The lowest BCUT2D eigenvalue weighted by molar-refractivity contribution is -0.384. The van der Waals surface area contributed by atoms with Gasteiger partial charge in [-0.05, 0) is 43.2 Å². The zero-order valence-electron chi connectivity index (χ0n) is 21.4. The fourth-order valence-electron chi connectivity index (χ4n) is 5.96. The third-order valence-corrected chi connectivity index (χ3v) is 7.49. The second-order valence-corrected chi connectivity index (χ2v) is 9.84. The van der Waals surface area contributed by atoms with Gasteiger partial charge in [-0.2, -0.15) is 0 Å². The molecule has 3 heterocycles. The molecule has 38 heavy (non-hydrogen) atoms. The van der Waals surface area contributed by atoms with E-state index in [0.717, 1.165) is 4.90 Å². The third kappa shape index (κ3) is 3.92. The molecule has 2 saturated heterocycles. The van der Waals surface area contributed by atoms with Crippen molar-refractivity contribution in [1.82, 2.24) is 10.2 Å². The van der Waals surface area contributed by atoms with E-state index in [4.69, 9.17) is 14.2 Å². The van der Waals surface area contributed by atoms with Crippen LogP contribution in [0.15, 0.2) is 36.4 Å². The Morgan fingerprint density at radius 1 is 1.11 bits per heavy atom. The van der Waals surface area contributed by atoms with Gasteiger partial charge in [0, 0.05) is 36.9 Å². The van der Waals surface area contributed by atoms with Crippen LogP contribution in [-0.2, 0) is 27.3 Å². The van der Waals surface area contributed by atoms with Gasteiger partial charge < -0.3 is 19.1 Å². The number of ether oxygens (including phenoxy) is 3. The van der Waals surface area contributed by atoms with Crippen LogP contribution in [-0.4, -0.2) is 66.7 Å². The number of amides is 4. The number of benzene rings is 2. The third-order valence-electron chi connectivity index (χ3n) is 7.49. The number of urea groups is 1. The fraction of sp³-hybridized carbons (Fsp3) is 0.423. The van der Waals surface area contributed by atoms with E-state index in [9.17, 15) is 24.5 Å². The van der Waals surface area contributed by atoms with Crippen LogP contribution < -0.4 is 19.7 Å². The van der Waals surface area contributed by atoms with Crippen LogP contribution in [0.5, 0.6) is 11.5 Å². The number of nitrogens with zero attached hydrogens (tertiary/aromatic N) is 3. The van der Waals surface area contributed by atoms with Crippen molar-refractivity contribution in [3.05, 3.63) is 57.6 Å². The molecule has 0 saturated carbocycles. The Morgan fingerprint density at radius 3 is 2.42 bits per heavy atom. The standard InChI is InChI=1S/C26H28N4O8/c1-14-12-28-21-6-5-18(30(34)35)9-17(21)11-26(22(28)15(2)38-14)23(31)27-25(33)29(24(26)32)13-16-7-19(36-3)10-20(8-16)37-4/h5-10,14-15,22H,11-13H2,1-4H3,(H,27,31,33)/t14-,15+,22-,26+/m0/s1. The second kappa shape index (κ2) is 9.28. The van der Waals surface area contributed by atoms with Gasteiger partial charge in [0.05, 0.1) is 43.9 Å². The van der Waals surface area contributed by atoms with E-state index in [1.54, 1.807) is 31.2 Å². The molecular weight excluding hydrogens is 496 g/mol. The highest BCUT2D eigenvalue weighted by Gasteiger charge is 2.64. The van der Waals surface area contributed by atoms with Crippen LogP contribution in [0.1, 0.15) is 25.0 Å². The van der Waals surface area contributed by atoms with Gasteiger partial charge in [-0.15, -0.1) is 0 Å². The lowest BCUT2D eigenvalue weighted by Gasteiger charge is -2.56. The number of carbonyl (C=O) groups excluding carboxylic acids is 3. The number of morpholine rings is 1. The molecule has 0 bridgehead atoms. The van der Waals surface area contributed by atoms with Gasteiger partial charge in [0.15, 0.2) is 5.41 Å². The van der Waals surface area contributed by atoms with Crippen molar-refractivity contribution in [2.75, 3.05) is 25.7 Å². The van der Waals surface area contributed by atoms with Crippen molar-refractivity contribution >= 4 is 29.2 Å². The summed E-state index contributed by atoms with van der Waals surface area (Å²) >= 11 is 0. The summed E-state index contributed by atoms with van der Waals surface area (Å²) in [5.74, 6) is -0.485. The fourth-order valence-corrected chi connectivity index (χ4v) is 5.96. The molecule has 3 aliphatic rings. The highest BCUT2D eigenvalue weighted by atomic mass is 16.6. The van der Waals surface area contributed by atoms with Gasteiger partial charge in [0.2, 0.25) is 11.8 Å². The molecule has 12 heteroatoms. The van der Waals surface area contributed by atoms with E-state index in [2.05, 4.69) is 5.32 Å². The molecule has 4 amide bonds. The maximum Gasteiger partial charge on any atom is 0.331 e. The summed E-state index contributed by atoms with van der Waals surface area (Å²) in [6.07, 6.45) is -0.893. The molecule has 0 aliphatic carbocycles. The zero-order valence-corrected chi connectivity index (χ0v) is 21.4. The number of fused-ring (bicyclic) bond motifs is 4. The maximum absolute atomic E-state index is 14.3. The molecule has 2 fully saturated rings. The first kappa shape index (κ1) is 25.5. The number of nitro groups is 1. The second-order valence-electron chi connectivity index (χ2n) is 9.84. The number of anilines is 1. The lowest BCUT2D eigenvalue weighted by atomic mass is 9.66. The predicted molar refractivity (Wildman–Crippen MR) is 134 cm³/mol. The van der Waals surface area contributed by atoms with E-state index in [1.807, 2.05) is 11.8 Å². The minimum Gasteiger partial charge on any atom is -0.497 e. The first-order valence-electron chi connectivity index (χ1n) is 12.2. The number of nitrogens with one attached hydrogen (secondary N) is 1. The number of imide groups is 2. The van der Waals surface area contributed by atoms with E-state index in [-0.39, 0.29) is 24.8 Å². The minimum absolute atomic E-state index is 0.122. The van der Waals surface area contributed by atoms with Gasteiger partial charge in [-0.3, -0.25) is 29.9 Å². The highest BCUT2D eigenvalue weighted by molar-refractivity contribution is 6.20. The van der Waals surface area contributed by atoms with Gasteiger partial charge in [-0.1, -0.05) is 0 Å². The molecule has 200 valence electrons. The molecule has 1 spiro atoms. The molecular formula is C26H28N4O8. The highest BCUT2D eigenvalue weighted by Crippen LogP contribution is 2.48. The van der Waals surface area contributed by atoms with Crippen LogP contribution in [0.2, 0.25) is 0 Å². The monoisotopic (exact) mass is 524 g/mol. The van der Waals surface area contributed by atoms with E-state index >= 15 is 0 Å². The van der Waals surface area contributed by atoms with Crippen LogP contribution in [0.25, 0.3) is 0 Å². The number of barbiturate groups is 1. The molecule has 0 unspecified atom stereocenters. The summed E-state index contributed by atoms with van der Waals surface area (Å²) in [6.45, 7) is 3.89. The van der Waals surface area contributed by atoms with Crippen LogP contribution >= 0.6 is 0 Å². The molecule has 12 nitrogen and oxygen atoms in total. The number of nitro benzene ring substituents is 1. The largest absolute Gasteiger partial charge is 0.497 e.